The van der Waals surface area contributed by atoms with Crippen LogP contribution in [0, 0.1) is 45.8 Å². The zero-order valence-electron chi connectivity index (χ0n) is 61.5. The Labute approximate surface area is 633 Å². The number of hydrogen-bond donors (Lipinski definition) is 3. The van der Waals surface area contributed by atoms with Crippen molar-refractivity contribution < 1.29 is 45.8 Å². The van der Waals surface area contributed by atoms with Crippen LogP contribution >= 0.6 is 23.2 Å². The van der Waals surface area contributed by atoms with E-state index in [1.165, 1.54) is 72.5 Å². The number of fused-ring (bicyclic) bond motifs is 5. The van der Waals surface area contributed by atoms with Crippen LogP contribution in [0.2, 0.25) is 10.0 Å². The molecule has 6 atom stereocenters. The van der Waals surface area contributed by atoms with E-state index in [2.05, 4.69) is 41.6 Å². The first-order valence-corrected chi connectivity index (χ1v) is 39.6. The van der Waals surface area contributed by atoms with Crippen molar-refractivity contribution in [1.29, 1.82) is 0 Å². The summed E-state index contributed by atoms with van der Waals surface area (Å²) in [6.07, 6.45) is 22.2. The number of nitrogens with zero attached hydrogens (tertiary/aromatic N) is 8. The van der Waals surface area contributed by atoms with E-state index in [4.69, 9.17) is 48.0 Å². The van der Waals surface area contributed by atoms with Gasteiger partial charge in [0, 0.05) is 83.4 Å². The zero-order chi connectivity index (χ0) is 74.5. The van der Waals surface area contributed by atoms with Crippen LogP contribution in [0.15, 0.2) is 109 Å². The summed E-state index contributed by atoms with van der Waals surface area (Å²) >= 11 is 12.8. The third-order valence-corrected chi connectivity index (χ3v) is 24.5. The van der Waals surface area contributed by atoms with Gasteiger partial charge in [-0.3, -0.25) is 29.9 Å². The molecule has 8 aromatic rings. The Hall–Kier alpha value is -7.79. The first-order valence-electron chi connectivity index (χ1n) is 38.8. The molecule has 3 N–H and O–H groups in total. The van der Waals surface area contributed by atoms with E-state index in [1.807, 2.05) is 34.3 Å². The minimum absolute atomic E-state index is 0.0217. The number of benzene rings is 5. The lowest BCUT2D eigenvalue weighted by molar-refractivity contribution is 0.0121. The SMILES string of the molecule is CC12CCC(C1)C(C)(C)[C@H]2NC(=O)c1nn(-c2ccc(F)cc2F)c2c1CCCCC2Cc1cccc(F)c1.O=C(NN1CCOCC1)c1nn(-c2ccc(Cl)cc2Cl)c2c1CCCCC2Cc1cccc(F)c1.O=C(NN1CCOCC1)c1nn(C2CCCCC2)c2c1CCCCC2Cc1cccc(F)c1. The average molecular weight is 1510 g/mol. The summed E-state index contributed by atoms with van der Waals surface area (Å²) in [7, 11) is 0. The van der Waals surface area contributed by atoms with E-state index < -0.39 is 11.6 Å². The summed E-state index contributed by atoms with van der Waals surface area (Å²) in [5, 5.41) is 22.7. The fourth-order valence-corrected chi connectivity index (χ4v) is 19.3. The van der Waals surface area contributed by atoms with Crippen molar-refractivity contribution in [2.75, 3.05) is 52.6 Å². The lowest BCUT2D eigenvalue weighted by atomic mass is 9.68. The Balaban J connectivity index is 0.000000135. The molecule has 107 heavy (non-hydrogen) atoms. The van der Waals surface area contributed by atoms with Gasteiger partial charge in [0.2, 0.25) is 0 Å². The van der Waals surface area contributed by atoms with E-state index >= 15 is 4.39 Å². The number of nitrogens with one attached hydrogen (secondary N) is 3. The van der Waals surface area contributed by atoms with E-state index in [0.717, 1.165) is 154 Å². The average Bonchev–Trinajstić information content (AvgIpc) is 1.56. The number of halogens is 7. The van der Waals surface area contributed by atoms with Gasteiger partial charge in [0.15, 0.2) is 22.9 Å². The predicted molar refractivity (Wildman–Crippen MR) is 403 cm³/mol. The van der Waals surface area contributed by atoms with Gasteiger partial charge in [-0.1, -0.05) is 119 Å². The van der Waals surface area contributed by atoms with Crippen molar-refractivity contribution in [3.63, 3.8) is 0 Å². The van der Waals surface area contributed by atoms with Crippen molar-refractivity contribution in [2.24, 2.45) is 16.7 Å². The highest BCUT2D eigenvalue weighted by atomic mass is 35.5. The lowest BCUT2D eigenvalue weighted by Crippen LogP contribution is -2.52. The molecular weight excluding hydrogens is 1410 g/mol. The molecule has 2 bridgehead atoms. The number of ether oxygens (including phenoxy) is 2. The van der Waals surface area contributed by atoms with Gasteiger partial charge in [-0.05, 0) is 209 Å². The molecular formula is C84H98Cl2F5N11O5. The first kappa shape index (κ1) is 76.0. The van der Waals surface area contributed by atoms with Gasteiger partial charge in [-0.25, -0.2) is 41.3 Å². The van der Waals surface area contributed by atoms with Gasteiger partial charge < -0.3 is 14.8 Å². The molecule has 16 rings (SSSR count). The highest BCUT2D eigenvalue weighted by Gasteiger charge is 2.60. The molecule has 8 aliphatic rings. The number of rotatable bonds is 15. The van der Waals surface area contributed by atoms with E-state index in [1.54, 1.807) is 47.1 Å². The van der Waals surface area contributed by atoms with Crippen molar-refractivity contribution in [3.05, 3.63) is 216 Å². The van der Waals surface area contributed by atoms with Crippen LogP contribution in [0.3, 0.4) is 0 Å². The molecule has 3 amide bonds. The minimum atomic E-state index is -0.734. The van der Waals surface area contributed by atoms with Crippen LogP contribution in [0.5, 0.6) is 0 Å². The largest absolute Gasteiger partial charge is 0.379 e. The highest BCUT2D eigenvalue weighted by molar-refractivity contribution is 6.35. The van der Waals surface area contributed by atoms with Crippen LogP contribution in [0.4, 0.5) is 22.0 Å². The topological polar surface area (TPSA) is 166 Å². The van der Waals surface area contributed by atoms with Crippen LogP contribution in [0.25, 0.3) is 11.4 Å². The van der Waals surface area contributed by atoms with Crippen molar-refractivity contribution in [1.82, 2.24) is 55.5 Å². The Morgan fingerprint density at radius 3 is 1.42 bits per heavy atom. The summed E-state index contributed by atoms with van der Waals surface area (Å²) in [5.74, 6) is -1.94. The van der Waals surface area contributed by atoms with Gasteiger partial charge in [-0.2, -0.15) is 15.3 Å². The second kappa shape index (κ2) is 33.6. The van der Waals surface area contributed by atoms with Crippen molar-refractivity contribution in [2.45, 2.75) is 198 Å². The van der Waals surface area contributed by atoms with Crippen LogP contribution in [-0.4, -0.2) is 116 Å². The number of hydrogen-bond acceptors (Lipinski definition) is 10. The Bertz CT molecular complexity index is 4500. The molecule has 6 aliphatic carbocycles. The summed E-state index contributed by atoms with van der Waals surface area (Å²) < 4.78 is 87.3. The monoisotopic (exact) mass is 1510 g/mol. The molecule has 568 valence electrons. The van der Waals surface area contributed by atoms with Gasteiger partial charge in [0.1, 0.15) is 29.0 Å². The molecule has 5 aromatic carbocycles. The molecule has 23 heteroatoms. The van der Waals surface area contributed by atoms with Crippen molar-refractivity contribution >= 4 is 40.9 Å². The van der Waals surface area contributed by atoms with E-state index in [0.29, 0.717) is 117 Å². The van der Waals surface area contributed by atoms with Crippen LogP contribution in [-0.2, 0) is 48.0 Å². The highest BCUT2D eigenvalue weighted by Crippen LogP contribution is 2.62. The second-order valence-corrected chi connectivity index (χ2v) is 32.5. The third kappa shape index (κ3) is 17.2. The molecule has 5 unspecified atom stereocenters. The quantitative estimate of drug-likeness (QED) is 0.0664. The molecule has 0 radical (unpaired) electrons. The standard InChI is InChI=1S/C32H36F3N3O.C26H27Cl2FN4O2.C26H35FN4O2/c1-31(2)21-13-14-32(3,18-21)30(31)36-29(39)27-24-10-5-4-8-20(15-19-7-6-9-22(33)16-19)28(24)38(37-27)26-12-11-23(34)17-25(26)35;27-19-8-9-23(22(28)16-19)33-25-18(14-17-4-3-6-20(29)15-17)5-1-2-7-21(25)24(30-33)26(34)31-32-10-12-35-13-11-32;27-21-9-6-7-19(18-21)17-20-8-4-5-12-23-24(26(32)29-30-13-15-33-16-14-30)28-31(25(20)23)22-10-2-1-3-11-22/h6-7,9,11-12,16-17,20-21,30H,4-5,8,10,13-15,18H2,1-3H3,(H,36,39);3-4,6,8-9,15-16,18H,1-2,5,7,10-14H2,(H,31,34);6-7,9,18,20,22H,1-5,8,10-17H2,(H,29,32)/t20?,21?,30-,32?;;/m1../s1. The number of amides is 3. The Morgan fingerprint density at radius 1 is 0.495 bits per heavy atom. The fourth-order valence-electron chi connectivity index (χ4n) is 18.8. The number of aromatic nitrogens is 6. The molecule has 3 aromatic heterocycles. The minimum Gasteiger partial charge on any atom is -0.379 e. The van der Waals surface area contributed by atoms with Crippen LogP contribution in [0.1, 0.15) is 236 Å². The summed E-state index contributed by atoms with van der Waals surface area (Å²) in [4.78, 5) is 40.8. The predicted octanol–water partition coefficient (Wildman–Crippen LogP) is 17.2. The van der Waals surface area contributed by atoms with Crippen molar-refractivity contribution in [3.8, 4) is 11.4 Å². The molecule has 2 saturated heterocycles. The van der Waals surface area contributed by atoms with Gasteiger partial charge in [-0.15, -0.1) is 0 Å². The molecule has 2 aliphatic heterocycles. The zero-order valence-corrected chi connectivity index (χ0v) is 63.1. The molecule has 0 spiro atoms. The normalized spacial score (nSPS) is 23.0. The maximum absolute atomic E-state index is 15.2. The molecule has 3 saturated carbocycles. The molecule has 5 fully saturated rings. The number of hydrazine groups is 2. The molecule has 5 heterocycles. The summed E-state index contributed by atoms with van der Waals surface area (Å²) in [5.41, 5.74) is 16.8. The third-order valence-electron chi connectivity index (χ3n) is 24.0. The summed E-state index contributed by atoms with van der Waals surface area (Å²) in [6.45, 7) is 11.8. The Morgan fingerprint density at radius 2 is 0.944 bits per heavy atom. The maximum atomic E-state index is 15.2. The van der Waals surface area contributed by atoms with Crippen LogP contribution < -0.4 is 16.2 Å². The van der Waals surface area contributed by atoms with Gasteiger partial charge in [0.05, 0.1) is 54.6 Å². The maximum Gasteiger partial charge on any atom is 0.286 e. The molecule has 16 nitrogen and oxygen atoms in total. The first-order chi connectivity index (χ1) is 51.7. The van der Waals surface area contributed by atoms with E-state index in [-0.39, 0.29) is 75.5 Å². The lowest BCUT2D eigenvalue weighted by Gasteiger charge is -2.43. The van der Waals surface area contributed by atoms with Gasteiger partial charge >= 0.3 is 0 Å². The number of carbonyl (C=O) groups excluding carboxylic acids is 3. The number of carbonyl (C=O) groups is 3. The smallest absolute Gasteiger partial charge is 0.286 e. The van der Waals surface area contributed by atoms with E-state index in [9.17, 15) is 31.9 Å². The fraction of sp³-hybridized carbons (Fsp3) is 0.500. The Kier molecular flexibility index (Phi) is 23.9. The summed E-state index contributed by atoms with van der Waals surface area (Å²) in [6, 6.07) is 29.3. The van der Waals surface area contributed by atoms with Gasteiger partial charge in [0.25, 0.3) is 17.7 Å². The second-order valence-electron chi connectivity index (χ2n) is 31.6. The number of morpholine rings is 2.